The zero-order valence-corrected chi connectivity index (χ0v) is 19.2. The first-order chi connectivity index (χ1) is 16.5. The number of nitrogens with zero attached hydrogens (tertiary/aromatic N) is 2. The Morgan fingerprint density at radius 1 is 1.12 bits per heavy atom. The summed E-state index contributed by atoms with van der Waals surface area (Å²) in [7, 11) is 0. The molecule has 0 bridgehead atoms. The summed E-state index contributed by atoms with van der Waals surface area (Å²) in [5.74, 6) is -1.40. The first-order valence-electron chi connectivity index (χ1n) is 10.8. The lowest BCUT2D eigenvalue weighted by molar-refractivity contribution is -0.116. The van der Waals surface area contributed by atoms with Gasteiger partial charge in [0.2, 0.25) is 5.91 Å². The van der Waals surface area contributed by atoms with Gasteiger partial charge in [0.05, 0.1) is 17.7 Å². The van der Waals surface area contributed by atoms with Crippen LogP contribution in [0.3, 0.4) is 0 Å². The smallest absolute Gasteiger partial charge is 0.359 e. The minimum absolute atomic E-state index is 0.0541. The van der Waals surface area contributed by atoms with Crippen LogP contribution in [0, 0.1) is 5.82 Å². The molecule has 0 radical (unpaired) electrons. The Kier molecular flexibility index (Phi) is 7.12. The molecule has 0 aliphatic heterocycles. The summed E-state index contributed by atoms with van der Waals surface area (Å²) in [5, 5.41) is 9.38. The third kappa shape index (κ3) is 5.04. The fourth-order valence-electron chi connectivity index (χ4n) is 3.54. The van der Waals surface area contributed by atoms with E-state index in [2.05, 4.69) is 10.4 Å². The molecule has 1 N–H and O–H groups in total. The van der Waals surface area contributed by atoms with Gasteiger partial charge in [-0.2, -0.15) is 9.78 Å². The summed E-state index contributed by atoms with van der Waals surface area (Å²) in [4.78, 5) is 38.5. The lowest BCUT2D eigenvalue weighted by atomic mass is 10.1. The molecule has 34 heavy (non-hydrogen) atoms. The molecule has 7 nitrogen and oxygen atoms in total. The number of amides is 1. The highest BCUT2D eigenvalue weighted by Gasteiger charge is 2.23. The Labute approximate surface area is 198 Å². The van der Waals surface area contributed by atoms with Crippen molar-refractivity contribution in [1.82, 2.24) is 9.78 Å². The van der Waals surface area contributed by atoms with E-state index in [0.717, 1.165) is 28.0 Å². The van der Waals surface area contributed by atoms with Crippen molar-refractivity contribution in [3.63, 3.8) is 0 Å². The van der Waals surface area contributed by atoms with Gasteiger partial charge in [0.25, 0.3) is 5.56 Å². The summed E-state index contributed by atoms with van der Waals surface area (Å²) in [6, 6.07) is 15.0. The van der Waals surface area contributed by atoms with E-state index in [1.807, 2.05) is 30.3 Å². The molecule has 9 heteroatoms. The normalized spacial score (nSPS) is 10.9. The molecular formula is C25H22FN3O4S. The number of carbonyl (C=O) groups excluding carboxylic acids is 2. The Hall–Kier alpha value is -3.85. The second kappa shape index (κ2) is 10.4. The largest absolute Gasteiger partial charge is 0.461 e. The SMILES string of the molecule is CCOC(=O)c1nn(-c2ccc(F)cc2)c(=O)c2c(NC(=O)CCCc3ccccc3)scc12. The third-order valence-corrected chi connectivity index (χ3v) is 6.05. The molecule has 0 aliphatic carbocycles. The van der Waals surface area contributed by atoms with Gasteiger partial charge in [0, 0.05) is 17.2 Å². The number of ether oxygens (including phenoxy) is 1. The van der Waals surface area contributed by atoms with Gasteiger partial charge in [0.1, 0.15) is 10.8 Å². The van der Waals surface area contributed by atoms with Crippen molar-refractivity contribution in [3.8, 4) is 5.69 Å². The van der Waals surface area contributed by atoms with Crippen molar-refractivity contribution in [3.05, 3.63) is 87.4 Å². The second-order valence-corrected chi connectivity index (χ2v) is 8.38. The van der Waals surface area contributed by atoms with Crippen LogP contribution in [0.2, 0.25) is 0 Å². The highest BCUT2D eigenvalue weighted by atomic mass is 32.1. The fraction of sp³-hybridized carbons (Fsp3) is 0.200. The van der Waals surface area contributed by atoms with Gasteiger partial charge in [-0.1, -0.05) is 30.3 Å². The standard InChI is InChI=1S/C25H22FN3O4S/c1-2-33-25(32)22-19-15-34-23(27-20(30)10-6-9-16-7-4-3-5-8-16)21(19)24(31)29(28-22)18-13-11-17(26)12-14-18/h3-5,7-8,11-15H,2,6,9-10H2,1H3,(H,27,30). The lowest BCUT2D eigenvalue weighted by Gasteiger charge is -2.10. The topological polar surface area (TPSA) is 90.3 Å². The minimum Gasteiger partial charge on any atom is -0.461 e. The number of aryl methyl sites for hydroxylation is 1. The van der Waals surface area contributed by atoms with Crippen LogP contribution in [0.5, 0.6) is 0 Å². The van der Waals surface area contributed by atoms with Crippen molar-refractivity contribution < 1.29 is 18.7 Å². The van der Waals surface area contributed by atoms with Gasteiger partial charge >= 0.3 is 5.97 Å². The highest BCUT2D eigenvalue weighted by molar-refractivity contribution is 7.16. The average molecular weight is 480 g/mol. The van der Waals surface area contributed by atoms with E-state index in [-0.39, 0.29) is 35.7 Å². The molecule has 0 atom stereocenters. The first kappa shape index (κ1) is 23.3. The number of halogens is 1. The Morgan fingerprint density at radius 2 is 1.85 bits per heavy atom. The fourth-order valence-corrected chi connectivity index (χ4v) is 4.49. The number of rotatable bonds is 8. The second-order valence-electron chi connectivity index (χ2n) is 7.50. The lowest BCUT2D eigenvalue weighted by Crippen LogP contribution is -2.25. The predicted molar refractivity (Wildman–Crippen MR) is 129 cm³/mol. The Morgan fingerprint density at radius 3 is 2.56 bits per heavy atom. The molecule has 1 amide bonds. The summed E-state index contributed by atoms with van der Waals surface area (Å²) < 4.78 is 19.5. The molecule has 0 saturated carbocycles. The van der Waals surface area contributed by atoms with E-state index in [1.165, 1.54) is 24.3 Å². The van der Waals surface area contributed by atoms with Crippen LogP contribution >= 0.6 is 11.3 Å². The van der Waals surface area contributed by atoms with Gasteiger partial charge in [-0.3, -0.25) is 9.59 Å². The zero-order chi connectivity index (χ0) is 24.1. The molecular weight excluding hydrogens is 457 g/mol. The molecule has 2 aromatic heterocycles. The van der Waals surface area contributed by atoms with Crippen molar-refractivity contribution in [2.45, 2.75) is 26.2 Å². The number of hydrogen-bond acceptors (Lipinski definition) is 6. The molecule has 2 heterocycles. The van der Waals surface area contributed by atoms with Crippen LogP contribution in [0.15, 0.2) is 64.8 Å². The highest BCUT2D eigenvalue weighted by Crippen LogP contribution is 2.31. The number of benzene rings is 2. The number of nitrogens with one attached hydrogen (secondary N) is 1. The summed E-state index contributed by atoms with van der Waals surface area (Å²) in [6.45, 7) is 1.80. The predicted octanol–water partition coefficient (Wildman–Crippen LogP) is 4.72. The van der Waals surface area contributed by atoms with Gasteiger partial charge in [-0.05, 0) is 49.6 Å². The summed E-state index contributed by atoms with van der Waals surface area (Å²) in [5.41, 5.74) is 0.839. The molecule has 4 rings (SSSR count). The minimum atomic E-state index is -0.693. The van der Waals surface area contributed by atoms with E-state index in [9.17, 15) is 18.8 Å². The van der Waals surface area contributed by atoms with Crippen LogP contribution < -0.4 is 10.9 Å². The van der Waals surface area contributed by atoms with Crippen LogP contribution in [-0.4, -0.2) is 28.3 Å². The quantitative estimate of drug-likeness (QED) is 0.369. The Bertz CT molecular complexity index is 1380. The van der Waals surface area contributed by atoms with Crippen molar-refractivity contribution >= 4 is 39.0 Å². The number of aromatic nitrogens is 2. The number of esters is 1. The number of thiophene rings is 1. The van der Waals surface area contributed by atoms with Gasteiger partial charge < -0.3 is 10.1 Å². The van der Waals surface area contributed by atoms with E-state index in [0.29, 0.717) is 16.8 Å². The number of anilines is 1. The number of fused-ring (bicyclic) bond motifs is 1. The van der Waals surface area contributed by atoms with Crippen LogP contribution in [-0.2, 0) is 16.0 Å². The molecule has 174 valence electrons. The molecule has 2 aromatic carbocycles. The van der Waals surface area contributed by atoms with Crippen LogP contribution in [0.1, 0.15) is 35.8 Å². The molecule has 0 unspecified atom stereocenters. The maximum Gasteiger partial charge on any atom is 0.359 e. The monoisotopic (exact) mass is 479 g/mol. The Balaban J connectivity index is 1.66. The van der Waals surface area contributed by atoms with E-state index in [4.69, 9.17) is 4.74 Å². The summed E-state index contributed by atoms with van der Waals surface area (Å²) in [6.07, 6.45) is 1.68. The van der Waals surface area contributed by atoms with E-state index in [1.54, 1.807) is 12.3 Å². The van der Waals surface area contributed by atoms with Gasteiger partial charge in [-0.25, -0.2) is 9.18 Å². The molecule has 0 spiro atoms. The maximum absolute atomic E-state index is 13.4. The van der Waals surface area contributed by atoms with E-state index < -0.39 is 17.3 Å². The van der Waals surface area contributed by atoms with E-state index >= 15 is 0 Å². The number of carbonyl (C=O) groups is 2. The first-order valence-corrected chi connectivity index (χ1v) is 11.7. The van der Waals surface area contributed by atoms with Crippen molar-refractivity contribution in [2.75, 3.05) is 11.9 Å². The molecule has 0 aliphatic rings. The molecule has 4 aromatic rings. The van der Waals surface area contributed by atoms with Crippen LogP contribution in [0.4, 0.5) is 9.39 Å². The van der Waals surface area contributed by atoms with Crippen LogP contribution in [0.25, 0.3) is 16.5 Å². The average Bonchev–Trinajstić information content (AvgIpc) is 3.25. The summed E-state index contributed by atoms with van der Waals surface area (Å²) >= 11 is 1.14. The molecule has 0 fully saturated rings. The molecule has 0 saturated heterocycles. The van der Waals surface area contributed by atoms with Gasteiger partial charge in [0.15, 0.2) is 5.69 Å². The van der Waals surface area contributed by atoms with Crippen molar-refractivity contribution in [2.24, 2.45) is 0 Å². The third-order valence-electron chi connectivity index (χ3n) is 5.16. The van der Waals surface area contributed by atoms with Crippen molar-refractivity contribution in [1.29, 1.82) is 0 Å². The number of hydrogen-bond donors (Lipinski definition) is 1. The zero-order valence-electron chi connectivity index (χ0n) is 18.4. The van der Waals surface area contributed by atoms with Gasteiger partial charge in [-0.15, -0.1) is 11.3 Å². The maximum atomic E-state index is 13.4.